The number of anilines is 1. The lowest BCUT2D eigenvalue weighted by Crippen LogP contribution is -2.25. The first-order valence-corrected chi connectivity index (χ1v) is 15.7. The third-order valence-corrected chi connectivity index (χ3v) is 9.09. The minimum absolute atomic E-state index is 0.0915. The van der Waals surface area contributed by atoms with Gasteiger partial charge in [-0.25, -0.2) is 4.98 Å². The summed E-state index contributed by atoms with van der Waals surface area (Å²) in [5.74, 6) is -0.278. The van der Waals surface area contributed by atoms with Crippen LogP contribution in [-0.4, -0.2) is 32.7 Å². The number of rotatable bonds is 9. The van der Waals surface area contributed by atoms with Crippen LogP contribution >= 0.6 is 23.1 Å². The Kier molecular flexibility index (Phi) is 8.67. The molecular formula is C33H29N5O2S2. The Bertz CT molecular complexity index is 1690. The summed E-state index contributed by atoms with van der Waals surface area (Å²) in [7, 11) is 0. The third-order valence-electron chi connectivity index (χ3n) is 7.04. The van der Waals surface area contributed by atoms with Crippen LogP contribution in [0.4, 0.5) is 5.00 Å². The van der Waals surface area contributed by atoms with Crippen LogP contribution in [0.1, 0.15) is 39.2 Å². The molecule has 0 fully saturated rings. The van der Waals surface area contributed by atoms with Crippen LogP contribution in [0.25, 0.3) is 22.5 Å². The molecule has 9 heteroatoms. The van der Waals surface area contributed by atoms with Crippen LogP contribution in [0.3, 0.4) is 0 Å². The summed E-state index contributed by atoms with van der Waals surface area (Å²) in [4.78, 5) is 32.5. The van der Waals surface area contributed by atoms with Gasteiger partial charge in [0.1, 0.15) is 16.4 Å². The molecular weight excluding hydrogens is 563 g/mol. The summed E-state index contributed by atoms with van der Waals surface area (Å²) in [6.07, 6.45) is 3.91. The average Bonchev–Trinajstić information content (AvgIpc) is 3.41. The van der Waals surface area contributed by atoms with Gasteiger partial charge in [0.2, 0.25) is 11.1 Å². The van der Waals surface area contributed by atoms with Gasteiger partial charge in [-0.05, 0) is 36.8 Å². The zero-order chi connectivity index (χ0) is 28.7. The van der Waals surface area contributed by atoms with Gasteiger partial charge >= 0.3 is 0 Å². The maximum atomic E-state index is 13.4. The van der Waals surface area contributed by atoms with Crippen molar-refractivity contribution in [2.24, 2.45) is 0 Å². The van der Waals surface area contributed by atoms with Crippen molar-refractivity contribution in [1.29, 1.82) is 0 Å². The first-order valence-electron chi connectivity index (χ1n) is 13.9. The van der Waals surface area contributed by atoms with Crippen LogP contribution in [0.5, 0.6) is 0 Å². The quantitative estimate of drug-likeness (QED) is 0.183. The Morgan fingerprint density at radius 2 is 1.43 bits per heavy atom. The Balaban J connectivity index is 1.18. The highest BCUT2D eigenvalue weighted by atomic mass is 32.2. The molecule has 6 rings (SSSR count). The van der Waals surface area contributed by atoms with Gasteiger partial charge in [-0.3, -0.25) is 9.59 Å². The SMILES string of the molecule is O=C(CSc1nnc(-c2ccccc2)c(-c2ccccc2)n1)Nc1sc2c(c1C(=O)NCc1ccccc1)CCCC2. The summed E-state index contributed by atoms with van der Waals surface area (Å²) in [6.45, 7) is 0.431. The predicted octanol–water partition coefficient (Wildman–Crippen LogP) is 6.81. The zero-order valence-corrected chi connectivity index (χ0v) is 24.5. The van der Waals surface area contributed by atoms with Gasteiger partial charge in [-0.1, -0.05) is 103 Å². The lowest BCUT2D eigenvalue weighted by atomic mass is 9.95. The molecule has 0 bridgehead atoms. The number of aryl methyl sites for hydroxylation is 1. The largest absolute Gasteiger partial charge is 0.348 e. The van der Waals surface area contributed by atoms with E-state index >= 15 is 0 Å². The second kappa shape index (κ2) is 13.1. The molecule has 5 aromatic rings. The van der Waals surface area contributed by atoms with Gasteiger partial charge < -0.3 is 10.6 Å². The van der Waals surface area contributed by atoms with Crippen LogP contribution in [0.15, 0.2) is 96.2 Å². The van der Waals surface area contributed by atoms with Gasteiger partial charge in [0.25, 0.3) is 5.91 Å². The lowest BCUT2D eigenvalue weighted by molar-refractivity contribution is -0.113. The van der Waals surface area contributed by atoms with E-state index in [-0.39, 0.29) is 17.6 Å². The summed E-state index contributed by atoms with van der Waals surface area (Å²) in [6, 6.07) is 29.5. The molecule has 0 atom stereocenters. The number of aromatic nitrogens is 3. The van der Waals surface area contributed by atoms with Gasteiger partial charge in [-0.15, -0.1) is 21.5 Å². The van der Waals surface area contributed by atoms with Crippen LogP contribution < -0.4 is 10.6 Å². The number of amides is 2. The van der Waals surface area contributed by atoms with Crippen molar-refractivity contribution < 1.29 is 9.59 Å². The van der Waals surface area contributed by atoms with E-state index in [4.69, 9.17) is 4.98 Å². The molecule has 0 radical (unpaired) electrons. The monoisotopic (exact) mass is 591 g/mol. The van der Waals surface area contributed by atoms with E-state index in [1.807, 2.05) is 91.0 Å². The number of carbonyl (C=O) groups is 2. The Morgan fingerprint density at radius 3 is 2.14 bits per heavy atom. The number of hydrogen-bond donors (Lipinski definition) is 2. The highest BCUT2D eigenvalue weighted by Gasteiger charge is 2.26. The summed E-state index contributed by atoms with van der Waals surface area (Å²) in [5.41, 5.74) is 5.93. The maximum absolute atomic E-state index is 13.4. The summed E-state index contributed by atoms with van der Waals surface area (Å²) < 4.78 is 0. The fraction of sp³-hybridized carbons (Fsp3) is 0.182. The lowest BCUT2D eigenvalue weighted by Gasteiger charge is -2.13. The number of carbonyl (C=O) groups excluding carboxylic acids is 2. The van der Waals surface area contributed by atoms with Crippen molar-refractivity contribution in [1.82, 2.24) is 20.5 Å². The maximum Gasteiger partial charge on any atom is 0.254 e. The molecule has 3 aromatic carbocycles. The number of thiophene rings is 1. The van der Waals surface area contributed by atoms with Crippen molar-refractivity contribution in [3.63, 3.8) is 0 Å². The normalized spacial score (nSPS) is 12.4. The number of thioether (sulfide) groups is 1. The molecule has 0 aliphatic heterocycles. The smallest absolute Gasteiger partial charge is 0.254 e. The molecule has 0 saturated heterocycles. The topological polar surface area (TPSA) is 96.9 Å². The summed E-state index contributed by atoms with van der Waals surface area (Å²) in [5, 5.41) is 15.9. The molecule has 0 spiro atoms. The molecule has 0 unspecified atom stereocenters. The average molecular weight is 592 g/mol. The van der Waals surface area contributed by atoms with E-state index in [0.29, 0.717) is 33.7 Å². The number of hydrogen-bond acceptors (Lipinski definition) is 7. The highest BCUT2D eigenvalue weighted by molar-refractivity contribution is 7.99. The number of nitrogens with one attached hydrogen (secondary N) is 2. The number of benzene rings is 3. The van der Waals surface area contributed by atoms with Crippen LogP contribution in [-0.2, 0) is 24.2 Å². The van der Waals surface area contributed by atoms with Gasteiger partial charge in [0.05, 0.1) is 11.3 Å². The Labute approximate surface area is 252 Å². The van der Waals surface area contributed by atoms with E-state index in [1.165, 1.54) is 28.0 Å². The molecule has 2 heterocycles. The van der Waals surface area contributed by atoms with Crippen molar-refractivity contribution in [3.8, 4) is 22.5 Å². The fourth-order valence-corrected chi connectivity index (χ4v) is 6.90. The molecule has 0 saturated carbocycles. The van der Waals surface area contributed by atoms with E-state index in [2.05, 4.69) is 20.8 Å². The molecule has 1 aliphatic rings. The van der Waals surface area contributed by atoms with Gasteiger partial charge in [-0.2, -0.15) is 0 Å². The minimum atomic E-state index is -0.215. The van der Waals surface area contributed by atoms with Crippen LogP contribution in [0.2, 0.25) is 0 Å². The van der Waals surface area contributed by atoms with Gasteiger partial charge in [0, 0.05) is 22.5 Å². The molecule has 2 N–H and O–H groups in total. The molecule has 42 heavy (non-hydrogen) atoms. The second-order valence-electron chi connectivity index (χ2n) is 9.94. The van der Waals surface area contributed by atoms with Crippen LogP contribution in [0, 0.1) is 0 Å². The van der Waals surface area contributed by atoms with Crippen molar-refractivity contribution >= 4 is 39.9 Å². The van der Waals surface area contributed by atoms with Crippen molar-refractivity contribution in [2.45, 2.75) is 37.4 Å². The highest BCUT2D eigenvalue weighted by Crippen LogP contribution is 2.38. The minimum Gasteiger partial charge on any atom is -0.348 e. The zero-order valence-electron chi connectivity index (χ0n) is 22.9. The predicted molar refractivity (Wildman–Crippen MR) is 169 cm³/mol. The molecule has 1 aliphatic carbocycles. The van der Waals surface area contributed by atoms with E-state index in [1.54, 1.807) is 0 Å². The number of fused-ring (bicyclic) bond motifs is 1. The first kappa shape index (κ1) is 27.8. The standard InChI is InChI=1S/C33H29N5O2S2/c39-27(21-41-33-36-29(23-14-6-2-7-15-23)30(37-38-33)24-16-8-3-9-17-24)35-32-28(25-18-10-11-19-26(25)42-32)31(40)34-20-22-12-4-1-5-13-22/h1-9,12-17H,10-11,18-21H2,(H,34,40)(H,35,39). The van der Waals surface area contributed by atoms with Gasteiger partial charge in [0.15, 0.2) is 0 Å². The third kappa shape index (κ3) is 6.42. The Hall–Kier alpha value is -4.34. The molecule has 2 amide bonds. The molecule has 2 aromatic heterocycles. The van der Waals surface area contributed by atoms with E-state index < -0.39 is 0 Å². The molecule has 210 valence electrons. The fourth-order valence-electron chi connectivity index (χ4n) is 5.01. The van der Waals surface area contributed by atoms with Crippen molar-refractivity contribution in [3.05, 3.63) is 113 Å². The van der Waals surface area contributed by atoms with Crippen molar-refractivity contribution in [2.75, 3.05) is 11.1 Å². The molecule has 7 nitrogen and oxygen atoms in total. The first-order chi connectivity index (χ1) is 20.7. The second-order valence-corrected chi connectivity index (χ2v) is 12.0. The summed E-state index contributed by atoms with van der Waals surface area (Å²) >= 11 is 2.74. The van der Waals surface area contributed by atoms with E-state index in [9.17, 15) is 9.59 Å². The van der Waals surface area contributed by atoms with E-state index in [0.717, 1.165) is 47.9 Å². The Morgan fingerprint density at radius 1 is 0.786 bits per heavy atom. The number of nitrogens with zero attached hydrogens (tertiary/aromatic N) is 3.